The van der Waals surface area contributed by atoms with Gasteiger partial charge < -0.3 is 18.8 Å². The van der Waals surface area contributed by atoms with Crippen LogP contribution in [0.1, 0.15) is 72.9 Å². The van der Waals surface area contributed by atoms with Gasteiger partial charge in [0.1, 0.15) is 22.8 Å². The van der Waals surface area contributed by atoms with Gasteiger partial charge in [0.2, 0.25) is 0 Å². The maximum atomic E-state index is 13.3. The van der Waals surface area contributed by atoms with E-state index in [4.69, 9.17) is 13.7 Å². The Bertz CT molecular complexity index is 1810. The Kier molecular flexibility index (Phi) is 10.00. The second-order valence-corrected chi connectivity index (χ2v) is 13.3. The van der Waals surface area contributed by atoms with Gasteiger partial charge in [0.15, 0.2) is 0 Å². The molecule has 11 nitrogen and oxygen atoms in total. The molecular weight excluding hydrogens is 664 g/mol. The van der Waals surface area contributed by atoms with Gasteiger partial charge >= 0.3 is 16.3 Å². The molecule has 0 radical (unpaired) electrons. The van der Waals surface area contributed by atoms with E-state index in [9.17, 15) is 18.3 Å². The summed E-state index contributed by atoms with van der Waals surface area (Å²) in [6.45, 7) is 6.49. The molecule has 240 valence electrons. The minimum absolute atomic E-state index is 0.00601. The van der Waals surface area contributed by atoms with Gasteiger partial charge in [0.25, 0.3) is 0 Å². The van der Waals surface area contributed by atoms with E-state index in [2.05, 4.69) is 26.2 Å². The van der Waals surface area contributed by atoms with Crippen LogP contribution < -0.4 is 8.92 Å². The summed E-state index contributed by atoms with van der Waals surface area (Å²) in [7, 11) is -2.65. The Hall–Kier alpha value is -3.68. The first kappa shape index (κ1) is 32.7. The van der Waals surface area contributed by atoms with Crippen LogP contribution in [0.25, 0.3) is 11.0 Å². The van der Waals surface area contributed by atoms with Crippen molar-refractivity contribution in [3.63, 3.8) is 0 Å². The number of methoxy groups -OCH3 is 1. The van der Waals surface area contributed by atoms with Crippen LogP contribution in [-0.2, 0) is 32.9 Å². The number of carbonyl (C=O) groups excluding carboxylic acids is 1. The smallest absolute Gasteiger partial charge is 0.386 e. The molecule has 1 aromatic heterocycles. The summed E-state index contributed by atoms with van der Waals surface area (Å²) in [4.78, 5) is 12.9. The Morgan fingerprint density at radius 1 is 1.13 bits per heavy atom. The van der Waals surface area contributed by atoms with Gasteiger partial charge in [-0.25, -0.2) is 4.68 Å². The largest absolute Gasteiger partial charge is 0.508 e. The molecule has 4 aromatic rings. The zero-order valence-electron chi connectivity index (χ0n) is 25.7. The summed E-state index contributed by atoms with van der Waals surface area (Å²) in [5, 5.41) is 19.8. The molecule has 0 fully saturated rings. The van der Waals surface area contributed by atoms with Crippen molar-refractivity contribution in [3.05, 3.63) is 76.3 Å². The van der Waals surface area contributed by atoms with Crippen molar-refractivity contribution < 1.29 is 32.0 Å². The fraction of sp³-hybridized carbons (Fsp3) is 0.406. The topological polar surface area (TPSA) is 133 Å². The van der Waals surface area contributed by atoms with Crippen molar-refractivity contribution in [1.82, 2.24) is 19.3 Å². The van der Waals surface area contributed by atoms with Crippen molar-refractivity contribution >= 4 is 43.2 Å². The molecule has 0 amide bonds. The lowest BCUT2D eigenvalue weighted by Gasteiger charge is -2.33. The third-order valence-electron chi connectivity index (χ3n) is 8.18. The van der Waals surface area contributed by atoms with Gasteiger partial charge in [-0.05, 0) is 86.7 Å². The van der Waals surface area contributed by atoms with Crippen LogP contribution in [-0.4, -0.2) is 57.8 Å². The van der Waals surface area contributed by atoms with E-state index >= 15 is 0 Å². The van der Waals surface area contributed by atoms with Gasteiger partial charge in [0, 0.05) is 35.5 Å². The molecule has 1 unspecified atom stereocenters. The zero-order chi connectivity index (χ0) is 32.3. The summed E-state index contributed by atoms with van der Waals surface area (Å²) in [5.74, 6) is -0.101. The fourth-order valence-electron chi connectivity index (χ4n) is 5.84. The number of aromatic hydroxyl groups is 1. The number of esters is 1. The second kappa shape index (κ2) is 13.8. The van der Waals surface area contributed by atoms with E-state index in [0.717, 1.165) is 52.4 Å². The first-order valence-electron chi connectivity index (χ1n) is 14.8. The van der Waals surface area contributed by atoms with Gasteiger partial charge in [-0.1, -0.05) is 33.3 Å². The highest BCUT2D eigenvalue weighted by molar-refractivity contribution is 9.09. The summed E-state index contributed by atoms with van der Waals surface area (Å²) >= 11 is 3.47. The van der Waals surface area contributed by atoms with E-state index in [1.54, 1.807) is 19.9 Å². The lowest BCUT2D eigenvalue weighted by molar-refractivity contribution is -0.143. The fourth-order valence-corrected chi connectivity index (χ4v) is 7.52. The van der Waals surface area contributed by atoms with E-state index in [1.807, 2.05) is 35.9 Å². The number of hydrogen-bond donors (Lipinski definition) is 1. The minimum atomic E-state index is -4.17. The number of phenols is 1. The van der Waals surface area contributed by atoms with E-state index in [-0.39, 0.29) is 37.0 Å². The summed E-state index contributed by atoms with van der Waals surface area (Å²) < 4.78 is 46.1. The predicted molar refractivity (Wildman–Crippen MR) is 173 cm³/mol. The highest BCUT2D eigenvalue weighted by atomic mass is 79.9. The maximum absolute atomic E-state index is 13.3. The van der Waals surface area contributed by atoms with E-state index < -0.39 is 22.3 Å². The third kappa shape index (κ3) is 6.80. The van der Waals surface area contributed by atoms with Crippen LogP contribution in [0.5, 0.6) is 17.2 Å². The van der Waals surface area contributed by atoms with Crippen molar-refractivity contribution in [1.29, 1.82) is 0 Å². The van der Waals surface area contributed by atoms with Crippen LogP contribution >= 0.6 is 15.9 Å². The third-order valence-corrected chi connectivity index (χ3v) is 10.1. The number of halogens is 1. The zero-order valence-corrected chi connectivity index (χ0v) is 28.1. The monoisotopic (exact) mass is 700 g/mol. The van der Waals surface area contributed by atoms with Crippen LogP contribution in [0, 0.1) is 6.92 Å². The second-order valence-electron chi connectivity index (χ2n) is 11.0. The van der Waals surface area contributed by atoms with Crippen LogP contribution in [0.4, 0.5) is 0 Å². The Morgan fingerprint density at radius 2 is 1.93 bits per heavy atom. The average molecular weight is 702 g/mol. The number of benzene rings is 3. The summed E-state index contributed by atoms with van der Waals surface area (Å²) in [5.41, 5.74) is 5.40. The molecule has 2 heterocycles. The molecule has 5 rings (SSSR count). The van der Waals surface area contributed by atoms with Gasteiger partial charge in [-0.3, -0.25) is 4.79 Å². The molecule has 0 saturated carbocycles. The number of aromatic nitrogens is 3. The first-order valence-corrected chi connectivity index (χ1v) is 17.3. The molecule has 1 aliphatic rings. The molecule has 3 aromatic carbocycles. The SMILES string of the molecule is CCOC(=O)CC(c1ccc(OC)c([C@H](C)N2Cc3cc(O)ccc3OS2(=O)=O)c1)c1ccc2c(nnn2CCCCBr)c1C. The average Bonchev–Trinajstić information content (AvgIpc) is 3.43. The lowest BCUT2D eigenvalue weighted by Crippen LogP contribution is -2.39. The summed E-state index contributed by atoms with van der Waals surface area (Å²) in [6, 6.07) is 13.1. The summed E-state index contributed by atoms with van der Waals surface area (Å²) in [6.07, 6.45) is 2.06. The molecule has 0 saturated heterocycles. The number of rotatable bonds is 12. The van der Waals surface area contributed by atoms with Crippen LogP contribution in [0.15, 0.2) is 48.5 Å². The van der Waals surface area contributed by atoms with E-state index in [0.29, 0.717) is 16.9 Å². The lowest BCUT2D eigenvalue weighted by atomic mass is 9.84. The number of aryl methyl sites for hydroxylation is 2. The molecule has 1 aliphatic heterocycles. The number of hydrogen-bond acceptors (Lipinski definition) is 9. The number of unbranched alkanes of at least 4 members (excludes halogenated alkanes) is 1. The molecule has 1 N–H and O–H groups in total. The van der Waals surface area contributed by atoms with Crippen LogP contribution in [0.3, 0.4) is 0 Å². The molecule has 2 atom stereocenters. The highest BCUT2D eigenvalue weighted by Gasteiger charge is 2.37. The normalized spacial score (nSPS) is 15.7. The maximum Gasteiger partial charge on any atom is 0.386 e. The number of alkyl halides is 1. The van der Waals surface area contributed by atoms with Crippen molar-refractivity contribution in [2.24, 2.45) is 0 Å². The first-order chi connectivity index (χ1) is 21.6. The number of nitrogens with zero attached hydrogens (tertiary/aromatic N) is 4. The Morgan fingerprint density at radius 3 is 2.67 bits per heavy atom. The van der Waals surface area contributed by atoms with Crippen LogP contribution in [0.2, 0.25) is 0 Å². The Balaban J connectivity index is 1.56. The van der Waals surface area contributed by atoms with Crippen molar-refractivity contribution in [3.8, 4) is 17.2 Å². The highest BCUT2D eigenvalue weighted by Crippen LogP contribution is 2.41. The molecule has 13 heteroatoms. The standard InChI is InChI=1S/C32H37BrN4O7S/c1-5-43-31(39)18-27(25-10-11-28-32(20(25)2)34-35-36(28)15-7-6-14-33)22-8-12-30(42-4)26(17-22)21(3)37-19-23-16-24(38)9-13-29(23)44-45(37,40)41/h8-13,16-17,21,27,38H,5-7,14-15,18-19H2,1-4H3/t21-,27?/m0/s1. The molecule has 0 spiro atoms. The molecular formula is C32H37BrN4O7S. The van der Waals surface area contributed by atoms with Gasteiger partial charge in [-0.2, -0.15) is 12.7 Å². The molecule has 0 bridgehead atoms. The van der Waals surface area contributed by atoms with Gasteiger partial charge in [-0.15, -0.1) is 5.10 Å². The van der Waals surface area contributed by atoms with Crippen molar-refractivity contribution in [2.45, 2.75) is 65.1 Å². The molecule has 0 aliphatic carbocycles. The Labute approximate surface area is 271 Å². The number of ether oxygens (including phenoxy) is 2. The molecule has 45 heavy (non-hydrogen) atoms. The predicted octanol–water partition coefficient (Wildman–Crippen LogP) is 5.91. The minimum Gasteiger partial charge on any atom is -0.508 e. The number of fused-ring (bicyclic) bond motifs is 2. The van der Waals surface area contributed by atoms with Gasteiger partial charge in [0.05, 0.1) is 31.7 Å². The van der Waals surface area contributed by atoms with E-state index in [1.165, 1.54) is 29.6 Å². The quantitative estimate of drug-likeness (QED) is 0.109. The number of phenolic OH excluding ortho intramolecular Hbond substituents is 1. The number of carbonyl (C=O) groups is 1. The van der Waals surface area contributed by atoms with Crippen molar-refractivity contribution in [2.75, 3.05) is 19.0 Å².